The fraction of sp³-hybridized carbons (Fsp3) is 0.636. The third-order valence-corrected chi connectivity index (χ3v) is 2.10. The molecule has 0 bridgehead atoms. The Morgan fingerprint density at radius 3 is 2.12 bits per heavy atom. The molecule has 0 saturated carbocycles. The highest BCUT2D eigenvalue weighted by molar-refractivity contribution is 5.91. The summed E-state index contributed by atoms with van der Waals surface area (Å²) in [4.78, 5) is 23.9. The highest BCUT2D eigenvalue weighted by Gasteiger charge is 2.02. The van der Waals surface area contributed by atoms with E-state index >= 15 is 0 Å². The Morgan fingerprint density at radius 1 is 1.12 bits per heavy atom. The maximum Gasteiger partial charge on any atom is 0.331 e. The van der Waals surface area contributed by atoms with Crippen LogP contribution in [-0.2, 0) is 19.1 Å². The van der Waals surface area contributed by atoms with Crippen molar-refractivity contribution in [1.82, 2.24) is 4.90 Å². The lowest BCUT2D eigenvalue weighted by atomic mass is 10.5. The number of methoxy groups -OCH3 is 1. The smallest absolute Gasteiger partial charge is 0.331 e. The zero-order valence-electron chi connectivity index (χ0n) is 10.5. The molecule has 0 aromatic rings. The fourth-order valence-electron chi connectivity index (χ4n) is 1.07. The summed E-state index contributed by atoms with van der Waals surface area (Å²) < 4.78 is 9.23. The quantitative estimate of drug-likeness (QED) is 0.508. The number of carbonyl (C=O) groups excluding carboxylic acids is 2. The van der Waals surface area contributed by atoms with Gasteiger partial charge in [0.05, 0.1) is 7.11 Å². The molecule has 0 aliphatic rings. The van der Waals surface area contributed by atoms with Gasteiger partial charge in [-0.15, -0.1) is 12.4 Å². The Kier molecular flexibility index (Phi) is 12.3. The first-order valence-electron chi connectivity index (χ1n) is 5.29. The second-order valence-corrected chi connectivity index (χ2v) is 3.05. The minimum absolute atomic E-state index is 0. The van der Waals surface area contributed by atoms with E-state index in [4.69, 9.17) is 4.74 Å². The van der Waals surface area contributed by atoms with Crippen molar-refractivity contribution in [2.75, 3.05) is 33.4 Å². The van der Waals surface area contributed by atoms with Crippen molar-refractivity contribution in [3.05, 3.63) is 12.2 Å². The molecular weight excluding hydrogens is 246 g/mol. The standard InChI is InChI=1S/C11H19NO4.ClH/c1-4-12(5-2)8-9-16-11(14)7-6-10(13)15-3;/h6-7H,4-5,8-9H2,1-3H3;1H. The van der Waals surface area contributed by atoms with Gasteiger partial charge in [0.2, 0.25) is 0 Å². The number of hydrogen-bond acceptors (Lipinski definition) is 5. The summed E-state index contributed by atoms with van der Waals surface area (Å²) in [5.74, 6) is -1.10. The number of hydrogen-bond donors (Lipinski definition) is 0. The van der Waals surface area contributed by atoms with Crippen molar-refractivity contribution in [2.24, 2.45) is 0 Å². The first-order valence-corrected chi connectivity index (χ1v) is 5.29. The van der Waals surface area contributed by atoms with E-state index in [1.165, 1.54) is 7.11 Å². The number of likely N-dealkylation sites (N-methyl/N-ethyl adjacent to an activating group) is 1. The average Bonchev–Trinajstić information content (AvgIpc) is 2.31. The van der Waals surface area contributed by atoms with Crippen molar-refractivity contribution >= 4 is 24.3 Å². The molecule has 0 aromatic carbocycles. The lowest BCUT2D eigenvalue weighted by Gasteiger charge is -2.16. The summed E-state index contributed by atoms with van der Waals surface area (Å²) in [6, 6.07) is 0. The lowest BCUT2D eigenvalue weighted by molar-refractivity contribution is -0.139. The van der Waals surface area contributed by atoms with Gasteiger partial charge in [-0.25, -0.2) is 9.59 Å². The number of halogens is 1. The van der Waals surface area contributed by atoms with E-state index in [9.17, 15) is 9.59 Å². The maximum absolute atomic E-state index is 11.1. The van der Waals surface area contributed by atoms with Crippen LogP contribution in [-0.4, -0.2) is 50.2 Å². The van der Waals surface area contributed by atoms with E-state index in [-0.39, 0.29) is 12.4 Å². The first-order chi connectivity index (χ1) is 7.63. The molecule has 0 unspecified atom stereocenters. The summed E-state index contributed by atoms with van der Waals surface area (Å²) in [6.07, 6.45) is 2.10. The Labute approximate surface area is 108 Å². The van der Waals surface area contributed by atoms with Gasteiger partial charge in [0.25, 0.3) is 0 Å². The molecule has 6 heteroatoms. The molecule has 0 radical (unpaired) electrons. The molecule has 17 heavy (non-hydrogen) atoms. The molecule has 0 amide bonds. The van der Waals surface area contributed by atoms with E-state index in [1.54, 1.807) is 0 Å². The summed E-state index contributed by atoms with van der Waals surface area (Å²) >= 11 is 0. The maximum atomic E-state index is 11.1. The number of ether oxygens (including phenoxy) is 2. The van der Waals surface area contributed by atoms with Crippen LogP contribution in [0.1, 0.15) is 13.8 Å². The van der Waals surface area contributed by atoms with Gasteiger partial charge in [0.1, 0.15) is 6.61 Å². The molecule has 0 N–H and O–H groups in total. The van der Waals surface area contributed by atoms with Crippen molar-refractivity contribution in [3.8, 4) is 0 Å². The molecule has 0 aromatic heterocycles. The molecule has 0 aliphatic carbocycles. The van der Waals surface area contributed by atoms with Crippen LogP contribution in [0.3, 0.4) is 0 Å². The molecule has 0 rings (SSSR count). The first kappa shape index (κ1) is 18.3. The van der Waals surface area contributed by atoms with Crippen molar-refractivity contribution in [2.45, 2.75) is 13.8 Å². The van der Waals surface area contributed by atoms with Crippen molar-refractivity contribution in [3.63, 3.8) is 0 Å². The van der Waals surface area contributed by atoms with Crippen LogP contribution in [0.25, 0.3) is 0 Å². The summed E-state index contributed by atoms with van der Waals surface area (Å²) in [5, 5.41) is 0. The Morgan fingerprint density at radius 2 is 1.65 bits per heavy atom. The van der Waals surface area contributed by atoms with Crippen molar-refractivity contribution < 1.29 is 19.1 Å². The fourth-order valence-corrected chi connectivity index (χ4v) is 1.07. The third-order valence-electron chi connectivity index (χ3n) is 2.10. The number of rotatable bonds is 7. The SMILES string of the molecule is CCN(CC)CCOC(=O)C=CC(=O)OC.Cl. The molecule has 5 nitrogen and oxygen atoms in total. The molecule has 0 fully saturated rings. The number of carbonyl (C=O) groups is 2. The van der Waals surface area contributed by atoms with E-state index in [1.807, 2.05) is 13.8 Å². The predicted octanol–water partition coefficient (Wildman–Crippen LogP) is 1.02. The molecule has 0 atom stereocenters. The Balaban J connectivity index is 0. The zero-order chi connectivity index (χ0) is 12.4. The third kappa shape index (κ3) is 9.84. The van der Waals surface area contributed by atoms with Gasteiger partial charge in [-0.1, -0.05) is 13.8 Å². The second kappa shape index (κ2) is 11.4. The molecule has 0 saturated heterocycles. The lowest BCUT2D eigenvalue weighted by Crippen LogP contribution is -2.27. The Bertz CT molecular complexity index is 252. The van der Waals surface area contributed by atoms with Gasteiger partial charge < -0.3 is 14.4 Å². The van der Waals surface area contributed by atoms with Gasteiger partial charge in [0.15, 0.2) is 0 Å². The van der Waals surface area contributed by atoms with E-state index < -0.39 is 11.9 Å². The van der Waals surface area contributed by atoms with E-state index in [2.05, 4.69) is 9.64 Å². The summed E-state index contributed by atoms with van der Waals surface area (Å²) in [6.45, 7) is 6.96. The van der Waals surface area contributed by atoms with Crippen LogP contribution in [0, 0.1) is 0 Å². The van der Waals surface area contributed by atoms with Crippen LogP contribution in [0.4, 0.5) is 0 Å². The van der Waals surface area contributed by atoms with E-state index in [0.29, 0.717) is 13.2 Å². The van der Waals surface area contributed by atoms with Crippen LogP contribution in [0.2, 0.25) is 0 Å². The van der Waals surface area contributed by atoms with Gasteiger partial charge in [0, 0.05) is 18.7 Å². The largest absolute Gasteiger partial charge is 0.466 e. The minimum atomic E-state index is -0.569. The summed E-state index contributed by atoms with van der Waals surface area (Å²) in [5.41, 5.74) is 0. The van der Waals surface area contributed by atoms with Crippen LogP contribution in [0.5, 0.6) is 0 Å². The molecular formula is C11H20ClNO4. The minimum Gasteiger partial charge on any atom is -0.466 e. The monoisotopic (exact) mass is 265 g/mol. The molecule has 0 heterocycles. The van der Waals surface area contributed by atoms with Gasteiger partial charge >= 0.3 is 11.9 Å². The van der Waals surface area contributed by atoms with Gasteiger partial charge in [-0.2, -0.15) is 0 Å². The highest BCUT2D eigenvalue weighted by Crippen LogP contribution is 1.89. The number of esters is 2. The average molecular weight is 266 g/mol. The molecule has 0 aliphatic heterocycles. The highest BCUT2D eigenvalue weighted by atomic mass is 35.5. The second-order valence-electron chi connectivity index (χ2n) is 3.05. The van der Waals surface area contributed by atoms with Crippen LogP contribution in [0.15, 0.2) is 12.2 Å². The van der Waals surface area contributed by atoms with Crippen molar-refractivity contribution in [1.29, 1.82) is 0 Å². The van der Waals surface area contributed by atoms with E-state index in [0.717, 1.165) is 25.2 Å². The van der Waals surface area contributed by atoms with Gasteiger partial charge in [-0.05, 0) is 13.1 Å². The van der Waals surface area contributed by atoms with Crippen LogP contribution < -0.4 is 0 Å². The molecule has 100 valence electrons. The molecule has 0 spiro atoms. The summed E-state index contributed by atoms with van der Waals surface area (Å²) in [7, 11) is 1.25. The Hall–Kier alpha value is -1.07. The number of nitrogens with zero attached hydrogens (tertiary/aromatic N) is 1. The zero-order valence-corrected chi connectivity index (χ0v) is 11.3. The van der Waals surface area contributed by atoms with Crippen LogP contribution >= 0.6 is 12.4 Å². The topological polar surface area (TPSA) is 55.8 Å². The predicted molar refractivity (Wildman–Crippen MR) is 67.2 cm³/mol. The van der Waals surface area contributed by atoms with Gasteiger partial charge in [-0.3, -0.25) is 0 Å². The normalized spacial score (nSPS) is 10.1.